The van der Waals surface area contributed by atoms with Gasteiger partial charge < -0.3 is 4.90 Å². The summed E-state index contributed by atoms with van der Waals surface area (Å²) in [5.41, 5.74) is 8.04. The zero-order chi connectivity index (χ0) is 31.8. The van der Waals surface area contributed by atoms with Gasteiger partial charge in [-0.2, -0.15) is 0 Å². The Morgan fingerprint density at radius 3 is 1.79 bits per heavy atom. The number of para-hydroxylation sites is 2. The van der Waals surface area contributed by atoms with Gasteiger partial charge in [0, 0.05) is 33.5 Å². The SMILES string of the molecule is CC1(C)c2ccccc2N(c2ccccc2)c2cc(-c3cccc([Si](c4ccccc4)(c4ccccc4)c4ccccn4)n3)ccc21. The van der Waals surface area contributed by atoms with Crippen LogP contribution in [0.1, 0.15) is 25.0 Å². The molecule has 0 fully saturated rings. The fourth-order valence-electron chi connectivity index (χ4n) is 7.39. The lowest BCUT2D eigenvalue weighted by Gasteiger charge is -2.42. The number of hydrogen-bond donors (Lipinski definition) is 0. The Labute approximate surface area is 277 Å². The molecule has 4 heteroatoms. The number of hydrogen-bond acceptors (Lipinski definition) is 3. The predicted molar refractivity (Wildman–Crippen MR) is 198 cm³/mol. The maximum absolute atomic E-state index is 5.58. The van der Waals surface area contributed by atoms with E-state index >= 15 is 0 Å². The molecule has 3 heterocycles. The van der Waals surface area contributed by atoms with E-state index in [2.05, 4.69) is 183 Å². The normalized spacial score (nSPS) is 13.4. The lowest BCUT2D eigenvalue weighted by atomic mass is 9.73. The van der Waals surface area contributed by atoms with Crippen molar-refractivity contribution in [2.24, 2.45) is 0 Å². The molecule has 1 aliphatic rings. The first kappa shape index (κ1) is 28.9. The third-order valence-electron chi connectivity index (χ3n) is 9.64. The summed E-state index contributed by atoms with van der Waals surface area (Å²) >= 11 is 0. The Hall–Kier alpha value is -5.58. The van der Waals surface area contributed by atoms with Crippen LogP contribution in [0, 0.1) is 0 Å². The van der Waals surface area contributed by atoms with Crippen LogP contribution < -0.4 is 25.9 Å². The van der Waals surface area contributed by atoms with E-state index in [1.54, 1.807) is 0 Å². The first-order chi connectivity index (χ1) is 23.1. The predicted octanol–water partition coefficient (Wildman–Crippen LogP) is 7.63. The number of rotatable bonds is 6. The van der Waals surface area contributed by atoms with Crippen LogP contribution in [0.4, 0.5) is 17.1 Å². The van der Waals surface area contributed by atoms with E-state index in [0.717, 1.165) is 27.6 Å². The Bertz CT molecular complexity index is 2070. The van der Waals surface area contributed by atoms with Gasteiger partial charge in [-0.05, 0) is 70.0 Å². The Kier molecular flexibility index (Phi) is 7.15. The van der Waals surface area contributed by atoms with Gasteiger partial charge >= 0.3 is 0 Å². The zero-order valence-corrected chi connectivity index (χ0v) is 27.6. The molecule has 0 spiro atoms. The lowest BCUT2D eigenvalue weighted by Crippen LogP contribution is -2.76. The van der Waals surface area contributed by atoms with E-state index in [0.29, 0.717) is 0 Å². The van der Waals surface area contributed by atoms with E-state index in [9.17, 15) is 0 Å². The quantitative estimate of drug-likeness (QED) is 0.179. The van der Waals surface area contributed by atoms with Gasteiger partial charge in [0.1, 0.15) is 0 Å². The number of fused-ring (bicyclic) bond motifs is 2. The number of anilines is 3. The van der Waals surface area contributed by atoms with Crippen molar-refractivity contribution in [2.75, 3.05) is 4.90 Å². The molecule has 3 nitrogen and oxygen atoms in total. The van der Waals surface area contributed by atoms with Crippen molar-refractivity contribution in [3.05, 3.63) is 187 Å². The highest BCUT2D eigenvalue weighted by atomic mass is 28.3. The van der Waals surface area contributed by atoms with Crippen molar-refractivity contribution in [3.8, 4) is 11.3 Å². The van der Waals surface area contributed by atoms with Crippen LogP contribution in [0.15, 0.2) is 176 Å². The lowest BCUT2D eigenvalue weighted by molar-refractivity contribution is 0.632. The summed E-state index contributed by atoms with van der Waals surface area (Å²) in [4.78, 5) is 13.0. The molecule has 7 aromatic rings. The topological polar surface area (TPSA) is 29.0 Å². The number of aromatic nitrogens is 2. The van der Waals surface area contributed by atoms with E-state index in [1.807, 2.05) is 12.3 Å². The molecule has 2 aromatic heterocycles. The molecule has 0 unspecified atom stereocenters. The van der Waals surface area contributed by atoms with E-state index in [4.69, 9.17) is 9.97 Å². The van der Waals surface area contributed by atoms with Crippen LogP contribution in [0.25, 0.3) is 11.3 Å². The third-order valence-corrected chi connectivity index (χ3v) is 14.1. The van der Waals surface area contributed by atoms with Gasteiger partial charge in [-0.1, -0.05) is 135 Å². The molecule has 0 saturated carbocycles. The summed E-state index contributed by atoms with van der Waals surface area (Å²) in [5, 5.41) is 4.65. The van der Waals surface area contributed by atoms with Crippen LogP contribution >= 0.6 is 0 Å². The summed E-state index contributed by atoms with van der Waals surface area (Å²) in [7, 11) is -2.86. The minimum Gasteiger partial charge on any atom is -0.310 e. The fourth-order valence-corrected chi connectivity index (χ4v) is 11.8. The first-order valence-corrected chi connectivity index (χ1v) is 18.2. The highest BCUT2D eigenvalue weighted by Crippen LogP contribution is 2.52. The molecular formula is C43H35N3Si. The highest BCUT2D eigenvalue weighted by Gasteiger charge is 2.44. The molecule has 0 bridgehead atoms. The molecule has 0 amide bonds. The van der Waals surface area contributed by atoms with Crippen molar-refractivity contribution >= 4 is 46.1 Å². The molecule has 0 N–H and O–H groups in total. The Balaban J connectivity index is 1.35. The monoisotopic (exact) mass is 621 g/mol. The maximum atomic E-state index is 5.58. The van der Waals surface area contributed by atoms with Gasteiger partial charge in [0.05, 0.1) is 17.1 Å². The number of pyridine rings is 2. The molecule has 8 rings (SSSR count). The average molecular weight is 622 g/mol. The molecule has 1 aliphatic heterocycles. The van der Waals surface area contributed by atoms with Crippen LogP contribution in [0.3, 0.4) is 0 Å². The smallest absolute Gasteiger partial charge is 0.223 e. The van der Waals surface area contributed by atoms with Crippen molar-refractivity contribution in [1.82, 2.24) is 9.97 Å². The molecular weight excluding hydrogens is 587 g/mol. The van der Waals surface area contributed by atoms with E-state index in [1.165, 1.54) is 32.9 Å². The second kappa shape index (κ2) is 11.7. The molecule has 0 aliphatic carbocycles. The van der Waals surface area contributed by atoms with Crippen molar-refractivity contribution in [3.63, 3.8) is 0 Å². The summed E-state index contributed by atoms with van der Waals surface area (Å²) in [6, 6.07) is 60.9. The molecule has 0 atom stereocenters. The summed E-state index contributed by atoms with van der Waals surface area (Å²) in [6.07, 6.45) is 1.91. The standard InChI is InChI=1S/C43H35N3Si/c1-43(2)36-23-12-13-25-39(36)46(33-17-6-3-7-18-33)40-31-32(28-29-37(40)43)38-24-16-27-42(45-38)47(34-19-8-4-9-20-34,35-21-10-5-11-22-35)41-26-14-15-30-44-41/h3-31H,1-2H3. The number of benzene rings is 5. The van der Waals surface area contributed by atoms with Crippen LogP contribution in [0.5, 0.6) is 0 Å². The Morgan fingerprint density at radius 2 is 1.11 bits per heavy atom. The number of nitrogens with zero attached hydrogens (tertiary/aromatic N) is 3. The van der Waals surface area contributed by atoms with Crippen molar-refractivity contribution in [1.29, 1.82) is 0 Å². The summed E-state index contributed by atoms with van der Waals surface area (Å²) < 4.78 is 0. The van der Waals surface area contributed by atoms with Crippen molar-refractivity contribution in [2.45, 2.75) is 19.3 Å². The van der Waals surface area contributed by atoms with Gasteiger partial charge in [0.2, 0.25) is 8.07 Å². The third kappa shape index (κ3) is 4.72. The minimum atomic E-state index is -2.86. The van der Waals surface area contributed by atoms with Gasteiger partial charge in [-0.15, -0.1) is 0 Å². The highest BCUT2D eigenvalue weighted by molar-refractivity contribution is 7.19. The minimum absolute atomic E-state index is 0.160. The molecule has 226 valence electrons. The Morgan fingerprint density at radius 1 is 0.511 bits per heavy atom. The van der Waals surface area contributed by atoms with Gasteiger partial charge in [0.25, 0.3) is 0 Å². The van der Waals surface area contributed by atoms with E-state index < -0.39 is 8.07 Å². The molecule has 5 aromatic carbocycles. The van der Waals surface area contributed by atoms with Gasteiger partial charge in [-0.25, -0.2) is 0 Å². The van der Waals surface area contributed by atoms with Gasteiger partial charge in [-0.3, -0.25) is 9.97 Å². The van der Waals surface area contributed by atoms with Crippen LogP contribution in [-0.2, 0) is 5.41 Å². The largest absolute Gasteiger partial charge is 0.310 e. The second-order valence-corrected chi connectivity index (χ2v) is 16.3. The molecule has 0 saturated heterocycles. The fraction of sp³-hybridized carbons (Fsp3) is 0.0698. The summed E-state index contributed by atoms with van der Waals surface area (Å²) in [6.45, 7) is 4.66. The first-order valence-electron chi connectivity index (χ1n) is 16.2. The summed E-state index contributed by atoms with van der Waals surface area (Å²) in [5.74, 6) is 0. The van der Waals surface area contributed by atoms with Crippen LogP contribution in [-0.4, -0.2) is 18.0 Å². The zero-order valence-electron chi connectivity index (χ0n) is 26.6. The van der Waals surface area contributed by atoms with Gasteiger partial charge in [0.15, 0.2) is 0 Å². The second-order valence-electron chi connectivity index (χ2n) is 12.7. The van der Waals surface area contributed by atoms with Crippen molar-refractivity contribution < 1.29 is 0 Å². The molecule has 47 heavy (non-hydrogen) atoms. The molecule has 0 radical (unpaired) electrons. The average Bonchev–Trinajstić information content (AvgIpc) is 3.14. The van der Waals surface area contributed by atoms with Crippen LogP contribution in [0.2, 0.25) is 0 Å². The van der Waals surface area contributed by atoms with E-state index in [-0.39, 0.29) is 5.41 Å². The maximum Gasteiger partial charge on any atom is 0.223 e.